The fourth-order valence-corrected chi connectivity index (χ4v) is 3.34. The molecule has 7 heteroatoms. The number of hydrogen-bond donors (Lipinski definition) is 0. The Kier molecular flexibility index (Phi) is 6.28. The van der Waals surface area contributed by atoms with Gasteiger partial charge in [0.05, 0.1) is 25.7 Å². The molecule has 3 aromatic carbocycles. The van der Waals surface area contributed by atoms with Gasteiger partial charge in [0.1, 0.15) is 5.75 Å². The topological polar surface area (TPSA) is 18.5 Å². The fourth-order valence-electron chi connectivity index (χ4n) is 2.14. The van der Waals surface area contributed by atoms with Gasteiger partial charge in [0, 0.05) is 0 Å². The van der Waals surface area contributed by atoms with E-state index in [0.29, 0.717) is 37.2 Å². The van der Waals surface area contributed by atoms with Crippen LogP contribution in [0, 0.1) is 0 Å². The van der Waals surface area contributed by atoms with Crippen LogP contribution in [0.1, 0.15) is 5.56 Å². The van der Waals surface area contributed by atoms with E-state index >= 15 is 0 Å². The predicted molar refractivity (Wildman–Crippen MR) is 112 cm³/mol. The van der Waals surface area contributed by atoms with Gasteiger partial charge >= 0.3 is 0 Å². The van der Waals surface area contributed by atoms with Crippen LogP contribution in [-0.4, -0.2) is 5.05 Å². The van der Waals surface area contributed by atoms with E-state index in [2.05, 4.69) is 0 Å². The van der Waals surface area contributed by atoms with Crippen molar-refractivity contribution in [1.82, 2.24) is 0 Å². The average molecular weight is 444 g/mol. The number of hydrogen-bond acceptors (Lipinski definition) is 3. The monoisotopic (exact) mass is 442 g/mol. The minimum atomic E-state index is 0.152. The number of ether oxygens (including phenoxy) is 2. The van der Waals surface area contributed by atoms with Crippen LogP contribution in [0.25, 0.3) is 0 Å². The Morgan fingerprint density at radius 1 is 0.654 bits per heavy atom. The molecular formula is C19H10Cl4O2S. The van der Waals surface area contributed by atoms with E-state index in [1.807, 2.05) is 0 Å². The molecular weight excluding hydrogens is 434 g/mol. The van der Waals surface area contributed by atoms with Crippen LogP contribution in [-0.2, 0) is 0 Å². The number of rotatable bonds is 4. The maximum absolute atomic E-state index is 6.17. The summed E-state index contributed by atoms with van der Waals surface area (Å²) in [6.07, 6.45) is 0. The molecule has 3 aromatic rings. The lowest BCUT2D eigenvalue weighted by Crippen LogP contribution is -2.09. The van der Waals surface area contributed by atoms with E-state index in [1.165, 1.54) is 0 Å². The highest BCUT2D eigenvalue weighted by Crippen LogP contribution is 2.38. The van der Waals surface area contributed by atoms with Crippen molar-refractivity contribution < 1.29 is 9.47 Å². The van der Waals surface area contributed by atoms with Gasteiger partial charge in [-0.15, -0.1) is 0 Å². The second kappa shape index (κ2) is 8.47. The quantitative estimate of drug-likeness (QED) is 0.382. The summed E-state index contributed by atoms with van der Waals surface area (Å²) in [4.78, 5) is 0. The molecule has 0 spiro atoms. The van der Waals surface area contributed by atoms with Crippen molar-refractivity contribution in [2.45, 2.75) is 0 Å². The molecule has 0 aliphatic heterocycles. The second-order valence-electron chi connectivity index (χ2n) is 5.09. The van der Waals surface area contributed by atoms with E-state index in [1.54, 1.807) is 60.7 Å². The van der Waals surface area contributed by atoms with Crippen molar-refractivity contribution in [2.75, 3.05) is 0 Å². The molecule has 0 N–H and O–H groups in total. The number of thiocarbonyl (C=S) groups is 1. The van der Waals surface area contributed by atoms with Gasteiger partial charge in [-0.1, -0.05) is 70.7 Å². The summed E-state index contributed by atoms with van der Waals surface area (Å²) >= 11 is 30.0. The van der Waals surface area contributed by atoms with Crippen LogP contribution in [0.3, 0.4) is 0 Å². The molecule has 0 radical (unpaired) electrons. The molecule has 0 amide bonds. The summed E-state index contributed by atoms with van der Waals surface area (Å²) in [7, 11) is 0. The van der Waals surface area contributed by atoms with Crippen LogP contribution in [0.4, 0.5) is 0 Å². The van der Waals surface area contributed by atoms with Crippen molar-refractivity contribution in [3.63, 3.8) is 0 Å². The fraction of sp³-hybridized carbons (Fsp3) is 0. The molecule has 0 bridgehead atoms. The van der Waals surface area contributed by atoms with Crippen molar-refractivity contribution in [2.24, 2.45) is 0 Å². The number of halogens is 4. The molecule has 3 rings (SSSR count). The van der Waals surface area contributed by atoms with Gasteiger partial charge in [-0.05, 0) is 48.6 Å². The van der Waals surface area contributed by atoms with Crippen molar-refractivity contribution >= 4 is 63.7 Å². The van der Waals surface area contributed by atoms with E-state index in [0.717, 1.165) is 0 Å². The molecule has 0 fully saturated rings. The van der Waals surface area contributed by atoms with E-state index < -0.39 is 0 Å². The highest BCUT2D eigenvalue weighted by Gasteiger charge is 2.17. The molecule has 26 heavy (non-hydrogen) atoms. The smallest absolute Gasteiger partial charge is 0.201 e. The number of para-hydroxylation sites is 3. The summed E-state index contributed by atoms with van der Waals surface area (Å²) in [5.41, 5.74) is 0.537. The van der Waals surface area contributed by atoms with Crippen LogP contribution in [0.2, 0.25) is 20.1 Å². The molecule has 0 aromatic heterocycles. The highest BCUT2D eigenvalue weighted by atomic mass is 35.5. The van der Waals surface area contributed by atoms with Crippen LogP contribution < -0.4 is 9.47 Å². The molecule has 0 aliphatic rings. The molecule has 132 valence electrons. The Morgan fingerprint density at radius 3 is 1.73 bits per heavy atom. The third-order valence-electron chi connectivity index (χ3n) is 3.35. The minimum absolute atomic E-state index is 0.152. The molecule has 0 atom stereocenters. The van der Waals surface area contributed by atoms with Crippen molar-refractivity contribution in [3.05, 3.63) is 86.3 Å². The number of benzene rings is 3. The van der Waals surface area contributed by atoms with Crippen LogP contribution >= 0.6 is 58.6 Å². The summed E-state index contributed by atoms with van der Waals surface area (Å²) in [5.74, 6) is 1.06. The lowest BCUT2D eigenvalue weighted by molar-refractivity contribution is 0.478. The first-order chi connectivity index (χ1) is 12.5. The van der Waals surface area contributed by atoms with Crippen LogP contribution in [0.5, 0.6) is 17.2 Å². The maximum Gasteiger partial charge on any atom is 0.201 e. The summed E-state index contributed by atoms with van der Waals surface area (Å²) in [6.45, 7) is 0. The van der Waals surface area contributed by atoms with E-state index in [-0.39, 0.29) is 10.8 Å². The SMILES string of the molecule is S=C(Oc1c(Cl)cccc1Cl)c1ccccc1Oc1c(Cl)cccc1Cl. The van der Waals surface area contributed by atoms with Gasteiger partial charge in [0.25, 0.3) is 0 Å². The molecule has 2 nitrogen and oxygen atoms in total. The summed E-state index contributed by atoms with van der Waals surface area (Å²) in [6, 6.07) is 17.2. The van der Waals surface area contributed by atoms with Gasteiger partial charge in [-0.3, -0.25) is 0 Å². The van der Waals surface area contributed by atoms with Gasteiger partial charge in [0.15, 0.2) is 11.5 Å². The van der Waals surface area contributed by atoms with E-state index in [9.17, 15) is 0 Å². The first kappa shape index (κ1) is 19.3. The lowest BCUT2D eigenvalue weighted by Gasteiger charge is -2.15. The molecule has 0 heterocycles. The second-order valence-corrected chi connectivity index (χ2v) is 7.09. The van der Waals surface area contributed by atoms with Crippen molar-refractivity contribution in [3.8, 4) is 17.2 Å². The van der Waals surface area contributed by atoms with Gasteiger partial charge in [0.2, 0.25) is 5.05 Å². The normalized spacial score (nSPS) is 10.5. The zero-order valence-electron chi connectivity index (χ0n) is 13.0. The first-order valence-corrected chi connectivity index (χ1v) is 9.26. The summed E-state index contributed by atoms with van der Waals surface area (Å²) in [5, 5.41) is 1.63. The highest BCUT2D eigenvalue weighted by molar-refractivity contribution is 7.80. The average Bonchev–Trinajstić information content (AvgIpc) is 2.62. The molecule has 0 aliphatic carbocycles. The van der Waals surface area contributed by atoms with Crippen LogP contribution in [0.15, 0.2) is 60.7 Å². The Hall–Kier alpha value is -1.49. The van der Waals surface area contributed by atoms with Gasteiger partial charge < -0.3 is 9.47 Å². The third kappa shape index (κ3) is 4.25. The molecule has 0 saturated carbocycles. The zero-order valence-corrected chi connectivity index (χ0v) is 16.9. The third-order valence-corrected chi connectivity index (χ3v) is 4.85. The van der Waals surface area contributed by atoms with Crippen molar-refractivity contribution in [1.29, 1.82) is 0 Å². The van der Waals surface area contributed by atoms with E-state index in [4.69, 9.17) is 68.1 Å². The predicted octanol–water partition coefficient (Wildman–Crippen LogP) is 7.85. The molecule has 0 unspecified atom stereocenters. The minimum Gasteiger partial charge on any atom is -0.453 e. The standard InChI is InChI=1S/C19H10Cl4O2S/c20-12-6-3-7-13(21)17(12)24-16-10-2-1-5-11(16)19(26)25-18-14(22)8-4-9-15(18)23/h1-10H. The Labute approximate surface area is 176 Å². The Balaban J connectivity index is 1.93. The summed E-state index contributed by atoms with van der Waals surface area (Å²) < 4.78 is 11.6. The lowest BCUT2D eigenvalue weighted by atomic mass is 10.2. The zero-order chi connectivity index (χ0) is 18.7. The Bertz CT molecular complexity index is 935. The van der Waals surface area contributed by atoms with Gasteiger partial charge in [-0.25, -0.2) is 0 Å². The Morgan fingerprint density at radius 2 is 1.15 bits per heavy atom. The first-order valence-electron chi connectivity index (χ1n) is 7.34. The molecule has 0 saturated heterocycles. The largest absolute Gasteiger partial charge is 0.453 e. The maximum atomic E-state index is 6.17. The van der Waals surface area contributed by atoms with Gasteiger partial charge in [-0.2, -0.15) is 0 Å².